The van der Waals surface area contributed by atoms with Crippen LogP contribution in [0, 0.1) is 5.92 Å². The summed E-state index contributed by atoms with van der Waals surface area (Å²) in [5.74, 6) is -3.05. The summed E-state index contributed by atoms with van der Waals surface area (Å²) in [4.78, 5) is 32.0. The SMILES string of the molecule is NC(=O)CC1CCN(CC(N)=O)C1.O=C(O)C(F)(F)F. The van der Waals surface area contributed by atoms with Gasteiger partial charge in [0.1, 0.15) is 0 Å². The molecule has 1 aliphatic heterocycles. The molecule has 2 amide bonds. The van der Waals surface area contributed by atoms with E-state index in [2.05, 4.69) is 0 Å². The van der Waals surface area contributed by atoms with Crippen molar-refractivity contribution < 1.29 is 32.7 Å². The maximum atomic E-state index is 10.6. The van der Waals surface area contributed by atoms with Gasteiger partial charge >= 0.3 is 12.1 Å². The molecule has 0 radical (unpaired) electrons. The predicted molar refractivity (Wildman–Crippen MR) is 61.2 cm³/mol. The van der Waals surface area contributed by atoms with E-state index in [9.17, 15) is 22.8 Å². The van der Waals surface area contributed by atoms with E-state index >= 15 is 0 Å². The van der Waals surface area contributed by atoms with E-state index in [-0.39, 0.29) is 18.4 Å². The van der Waals surface area contributed by atoms with Crippen LogP contribution in [0.1, 0.15) is 12.8 Å². The fourth-order valence-electron chi connectivity index (χ4n) is 1.73. The maximum absolute atomic E-state index is 10.6. The highest BCUT2D eigenvalue weighted by atomic mass is 19.4. The number of primary amides is 2. The Bertz CT molecular complexity index is 351. The molecule has 0 aromatic heterocycles. The first-order chi connectivity index (χ1) is 9.02. The number of carbonyl (C=O) groups is 3. The average Bonchev–Trinajstić information content (AvgIpc) is 2.62. The van der Waals surface area contributed by atoms with Gasteiger partial charge in [-0.25, -0.2) is 4.79 Å². The molecule has 1 fully saturated rings. The molecular formula is C10H16F3N3O4. The van der Waals surface area contributed by atoms with E-state index in [0.717, 1.165) is 19.5 Å². The number of nitrogens with zero attached hydrogens (tertiary/aromatic N) is 1. The first-order valence-electron chi connectivity index (χ1n) is 5.61. The number of aliphatic carboxylic acids is 1. The van der Waals surface area contributed by atoms with Gasteiger partial charge in [0.15, 0.2) is 0 Å². The van der Waals surface area contributed by atoms with Crippen LogP contribution in [0.25, 0.3) is 0 Å². The minimum Gasteiger partial charge on any atom is -0.475 e. The van der Waals surface area contributed by atoms with E-state index in [1.165, 1.54) is 0 Å². The molecule has 1 atom stereocenters. The Kier molecular flexibility index (Phi) is 6.97. The molecule has 1 heterocycles. The second kappa shape index (κ2) is 7.68. The Hall–Kier alpha value is -1.84. The lowest BCUT2D eigenvalue weighted by Gasteiger charge is -2.12. The highest BCUT2D eigenvalue weighted by Gasteiger charge is 2.38. The number of carbonyl (C=O) groups excluding carboxylic acids is 2. The molecule has 0 aromatic carbocycles. The molecule has 0 aromatic rings. The molecule has 10 heteroatoms. The molecule has 0 saturated carbocycles. The predicted octanol–water partition coefficient (Wildman–Crippen LogP) is -0.698. The van der Waals surface area contributed by atoms with Gasteiger partial charge < -0.3 is 16.6 Å². The summed E-state index contributed by atoms with van der Waals surface area (Å²) in [5.41, 5.74) is 10.1. The van der Waals surface area contributed by atoms with Gasteiger partial charge in [-0.3, -0.25) is 14.5 Å². The second-order valence-corrected chi connectivity index (χ2v) is 4.33. The Morgan fingerprint density at radius 1 is 1.20 bits per heavy atom. The fourth-order valence-corrected chi connectivity index (χ4v) is 1.73. The van der Waals surface area contributed by atoms with Gasteiger partial charge in [-0.05, 0) is 18.9 Å². The summed E-state index contributed by atoms with van der Waals surface area (Å²) in [6, 6.07) is 0. The number of hydrogen-bond acceptors (Lipinski definition) is 4. The Morgan fingerprint density at radius 2 is 1.70 bits per heavy atom. The van der Waals surface area contributed by atoms with Crippen molar-refractivity contribution in [2.75, 3.05) is 19.6 Å². The van der Waals surface area contributed by atoms with Crippen LogP contribution in [0.5, 0.6) is 0 Å². The zero-order valence-electron chi connectivity index (χ0n) is 10.5. The standard InChI is InChI=1S/C8H15N3O2.C2HF3O2/c9-7(12)3-6-1-2-11(4-6)5-8(10)13;3-2(4,5)1(6)7/h6H,1-5H2,(H2,9,12)(H2,10,13);(H,6,7). The largest absolute Gasteiger partial charge is 0.490 e. The van der Waals surface area contributed by atoms with E-state index in [1.54, 1.807) is 0 Å². The minimum atomic E-state index is -5.08. The van der Waals surface area contributed by atoms with Crippen LogP contribution >= 0.6 is 0 Å². The number of carboxylic acids is 1. The van der Waals surface area contributed by atoms with Crippen molar-refractivity contribution in [3.8, 4) is 0 Å². The van der Waals surface area contributed by atoms with Gasteiger partial charge in [-0.15, -0.1) is 0 Å². The van der Waals surface area contributed by atoms with Crippen LogP contribution in [0.4, 0.5) is 13.2 Å². The molecule has 1 aliphatic rings. The van der Waals surface area contributed by atoms with Gasteiger partial charge in [-0.2, -0.15) is 13.2 Å². The first-order valence-corrected chi connectivity index (χ1v) is 5.61. The number of carboxylic acid groups (broad SMARTS) is 1. The highest BCUT2D eigenvalue weighted by Crippen LogP contribution is 2.18. The second-order valence-electron chi connectivity index (χ2n) is 4.33. The van der Waals surface area contributed by atoms with Crippen LogP contribution < -0.4 is 11.5 Å². The van der Waals surface area contributed by atoms with E-state index in [1.807, 2.05) is 4.90 Å². The zero-order valence-corrected chi connectivity index (χ0v) is 10.5. The third-order valence-corrected chi connectivity index (χ3v) is 2.48. The lowest BCUT2D eigenvalue weighted by atomic mass is 10.1. The van der Waals surface area contributed by atoms with E-state index < -0.39 is 12.1 Å². The number of alkyl halides is 3. The number of amides is 2. The van der Waals surface area contributed by atoms with Gasteiger partial charge in [0.2, 0.25) is 11.8 Å². The van der Waals surface area contributed by atoms with Crippen molar-refractivity contribution in [3.05, 3.63) is 0 Å². The molecule has 0 spiro atoms. The van der Waals surface area contributed by atoms with Crippen LogP contribution in [0.2, 0.25) is 0 Å². The molecule has 1 unspecified atom stereocenters. The summed E-state index contributed by atoms with van der Waals surface area (Å²) in [5, 5.41) is 7.12. The molecule has 5 N–H and O–H groups in total. The number of nitrogens with two attached hydrogens (primary N) is 2. The van der Waals surface area contributed by atoms with Gasteiger partial charge in [-0.1, -0.05) is 0 Å². The molecule has 0 aliphatic carbocycles. The third kappa shape index (κ3) is 8.29. The number of halogens is 3. The topological polar surface area (TPSA) is 127 Å². The normalized spacial score (nSPS) is 19.1. The first kappa shape index (κ1) is 18.2. The van der Waals surface area contributed by atoms with E-state index in [0.29, 0.717) is 12.3 Å². The molecule has 1 rings (SSSR count). The average molecular weight is 299 g/mol. The van der Waals surface area contributed by atoms with Gasteiger partial charge in [0, 0.05) is 13.0 Å². The summed E-state index contributed by atoms with van der Waals surface area (Å²) in [7, 11) is 0. The summed E-state index contributed by atoms with van der Waals surface area (Å²) >= 11 is 0. The summed E-state index contributed by atoms with van der Waals surface area (Å²) in [6.07, 6.45) is -3.74. The van der Waals surface area contributed by atoms with Crippen LogP contribution in [0.3, 0.4) is 0 Å². The van der Waals surface area contributed by atoms with Crippen molar-refractivity contribution in [2.45, 2.75) is 19.0 Å². The Morgan fingerprint density at radius 3 is 2.05 bits per heavy atom. The number of likely N-dealkylation sites (tertiary alicyclic amines) is 1. The Balaban J connectivity index is 0.000000441. The number of hydrogen-bond donors (Lipinski definition) is 3. The minimum absolute atomic E-state index is 0.272. The highest BCUT2D eigenvalue weighted by molar-refractivity contribution is 5.76. The quantitative estimate of drug-likeness (QED) is 0.633. The monoisotopic (exact) mass is 299 g/mol. The van der Waals surface area contributed by atoms with Crippen molar-refractivity contribution >= 4 is 17.8 Å². The van der Waals surface area contributed by atoms with Crippen molar-refractivity contribution in [1.29, 1.82) is 0 Å². The fraction of sp³-hybridized carbons (Fsp3) is 0.700. The van der Waals surface area contributed by atoms with Gasteiger partial charge in [0.25, 0.3) is 0 Å². The van der Waals surface area contributed by atoms with Crippen LogP contribution in [-0.4, -0.2) is 53.6 Å². The molecule has 7 nitrogen and oxygen atoms in total. The van der Waals surface area contributed by atoms with E-state index in [4.69, 9.17) is 21.4 Å². The molecule has 116 valence electrons. The Labute approximate surface area is 112 Å². The smallest absolute Gasteiger partial charge is 0.475 e. The third-order valence-electron chi connectivity index (χ3n) is 2.48. The number of rotatable bonds is 4. The van der Waals surface area contributed by atoms with Crippen molar-refractivity contribution in [3.63, 3.8) is 0 Å². The molecular weight excluding hydrogens is 283 g/mol. The summed E-state index contributed by atoms with van der Waals surface area (Å²) in [6.45, 7) is 1.88. The van der Waals surface area contributed by atoms with Gasteiger partial charge in [0.05, 0.1) is 6.54 Å². The maximum Gasteiger partial charge on any atom is 0.490 e. The summed E-state index contributed by atoms with van der Waals surface area (Å²) < 4.78 is 31.7. The lowest BCUT2D eigenvalue weighted by Crippen LogP contribution is -2.32. The zero-order chi connectivity index (χ0) is 15.9. The van der Waals surface area contributed by atoms with Crippen molar-refractivity contribution in [1.82, 2.24) is 4.90 Å². The molecule has 1 saturated heterocycles. The molecule has 20 heavy (non-hydrogen) atoms. The lowest BCUT2D eigenvalue weighted by molar-refractivity contribution is -0.192. The molecule has 0 bridgehead atoms. The van der Waals surface area contributed by atoms with Crippen LogP contribution in [0.15, 0.2) is 0 Å². The van der Waals surface area contributed by atoms with Crippen LogP contribution in [-0.2, 0) is 14.4 Å². The van der Waals surface area contributed by atoms with Crippen molar-refractivity contribution in [2.24, 2.45) is 17.4 Å².